The van der Waals surface area contributed by atoms with Gasteiger partial charge in [-0.2, -0.15) is 0 Å². The second-order valence-corrected chi connectivity index (χ2v) is 0. The molecule has 0 nitrogen and oxygen atoms in total. The van der Waals surface area contributed by atoms with Gasteiger partial charge >= 0.3 is 0 Å². The normalized spacial score (nSPS) is 0. The van der Waals surface area contributed by atoms with Crippen molar-refractivity contribution < 1.29 is 34.1 Å². The molecule has 0 bridgehead atoms. The Morgan fingerprint density at radius 1 is 0.750 bits per heavy atom. The summed E-state index contributed by atoms with van der Waals surface area (Å²) in [4.78, 5) is 0. The van der Waals surface area contributed by atoms with Crippen LogP contribution in [0.15, 0.2) is 0 Å². The van der Waals surface area contributed by atoms with Crippen molar-refractivity contribution in [2.75, 3.05) is 0 Å². The molecule has 9 radical (unpaired) electrons. The summed E-state index contributed by atoms with van der Waals surface area (Å²) >= 11 is 0. The third-order valence-corrected chi connectivity index (χ3v) is 0. The van der Waals surface area contributed by atoms with Crippen LogP contribution in [0.5, 0.6) is 0 Å². The van der Waals surface area contributed by atoms with Crippen LogP contribution in [0.4, 0.5) is 0 Å². The van der Waals surface area contributed by atoms with Crippen LogP contribution in [0.25, 0.3) is 0 Å². The average Bonchev–Trinajstić information content (AvgIpc) is 0. The van der Waals surface area contributed by atoms with Crippen molar-refractivity contribution in [3.63, 3.8) is 0 Å². The van der Waals surface area contributed by atoms with Crippen LogP contribution in [0.2, 0.25) is 0 Å². The zero-order valence-electron chi connectivity index (χ0n) is 1.73. The van der Waals surface area contributed by atoms with Crippen molar-refractivity contribution in [1.82, 2.24) is 0 Å². The van der Waals surface area contributed by atoms with E-state index in [1.807, 2.05) is 0 Å². The summed E-state index contributed by atoms with van der Waals surface area (Å²) in [6.07, 6.45) is 0. The molecule has 0 aliphatic heterocycles. The van der Waals surface area contributed by atoms with Crippen molar-refractivity contribution in [3.05, 3.63) is 0 Å². The fourth-order valence-corrected chi connectivity index (χ4v) is 0. The van der Waals surface area contributed by atoms with Crippen molar-refractivity contribution in [2.24, 2.45) is 0 Å². The van der Waals surface area contributed by atoms with Crippen LogP contribution in [0.1, 0.15) is 0 Å². The van der Waals surface area contributed by atoms with E-state index >= 15 is 0 Å². The molecular formula is FeMnSi2. The number of hydrogen-bond donors (Lipinski definition) is 0. The van der Waals surface area contributed by atoms with Gasteiger partial charge in [0.25, 0.3) is 0 Å². The molecule has 0 rings (SSSR count). The number of rotatable bonds is 0. The van der Waals surface area contributed by atoms with E-state index in [1.165, 1.54) is 0 Å². The van der Waals surface area contributed by atoms with Crippen LogP contribution in [-0.4, -0.2) is 21.9 Å². The molecule has 0 saturated carbocycles. The van der Waals surface area contributed by atoms with Crippen molar-refractivity contribution in [3.8, 4) is 0 Å². The van der Waals surface area contributed by atoms with Crippen molar-refractivity contribution in [2.45, 2.75) is 0 Å². The van der Waals surface area contributed by atoms with Crippen LogP contribution >= 0.6 is 0 Å². The zero-order chi connectivity index (χ0) is 0. The molecule has 0 aromatic heterocycles. The molecule has 0 spiro atoms. The minimum Gasteiger partial charge on any atom is 0 e. The summed E-state index contributed by atoms with van der Waals surface area (Å²) in [5, 5.41) is 0. The van der Waals surface area contributed by atoms with Gasteiger partial charge in [-0.1, -0.05) is 0 Å². The molecule has 0 unspecified atom stereocenters. The van der Waals surface area contributed by atoms with E-state index in [9.17, 15) is 0 Å². The molecule has 0 amide bonds. The molecule has 0 aliphatic rings. The van der Waals surface area contributed by atoms with Crippen molar-refractivity contribution in [1.29, 1.82) is 0 Å². The van der Waals surface area contributed by atoms with E-state index in [4.69, 9.17) is 0 Å². The molecule has 0 N–H and O–H groups in total. The topological polar surface area (TPSA) is 0 Å². The van der Waals surface area contributed by atoms with Gasteiger partial charge in [0.05, 0.1) is 0 Å². The van der Waals surface area contributed by atoms with Crippen LogP contribution in [0, 0.1) is 0 Å². The quantitative estimate of drug-likeness (QED) is 0.415. The Kier molecular flexibility index (Phi) is 314. The van der Waals surface area contributed by atoms with Gasteiger partial charge in [0, 0.05) is 56.1 Å². The van der Waals surface area contributed by atoms with Gasteiger partial charge in [-0.25, -0.2) is 0 Å². The first-order chi connectivity index (χ1) is 0. The second kappa shape index (κ2) is 24.9. The molecule has 0 aromatic carbocycles. The van der Waals surface area contributed by atoms with E-state index in [0.29, 0.717) is 0 Å². The van der Waals surface area contributed by atoms with Gasteiger partial charge in [0.1, 0.15) is 0 Å². The van der Waals surface area contributed by atoms with Crippen LogP contribution in [0.3, 0.4) is 0 Å². The predicted molar refractivity (Wildman–Crippen MR) is 11.5 cm³/mol. The molecular weight excluding hydrogens is 167 g/mol. The first kappa shape index (κ1) is 50.5. The van der Waals surface area contributed by atoms with E-state index in [-0.39, 0.29) is 56.1 Å². The van der Waals surface area contributed by atoms with E-state index in [1.54, 1.807) is 0 Å². The summed E-state index contributed by atoms with van der Waals surface area (Å²) in [7, 11) is 0. The number of hydrogen-bond acceptors (Lipinski definition) is 0. The monoisotopic (exact) mass is 167 g/mol. The maximum atomic E-state index is 0. The Morgan fingerprint density at radius 3 is 0.750 bits per heavy atom. The Balaban J connectivity index is 0. The third kappa shape index (κ3) is 9.79. The Bertz CT molecular complexity index is 6.00. The summed E-state index contributed by atoms with van der Waals surface area (Å²) in [5.41, 5.74) is 0. The molecule has 0 aliphatic carbocycles. The van der Waals surface area contributed by atoms with Gasteiger partial charge < -0.3 is 0 Å². The summed E-state index contributed by atoms with van der Waals surface area (Å²) in [6, 6.07) is 0. The standard InChI is InChI=1S/Fe.Mn.2Si. The summed E-state index contributed by atoms with van der Waals surface area (Å²) in [6.45, 7) is 0. The Labute approximate surface area is 56.1 Å². The predicted octanol–water partition coefficient (Wildman–Crippen LogP) is -0.767. The summed E-state index contributed by atoms with van der Waals surface area (Å²) in [5.74, 6) is 0. The largest absolute Gasteiger partial charge is 0 e. The minimum absolute atomic E-state index is 0. The molecule has 0 aromatic rings. The molecule has 4 heteroatoms. The Hall–Kier alpha value is 1.47. The van der Waals surface area contributed by atoms with Gasteiger partial charge in [-0.3, -0.25) is 0 Å². The summed E-state index contributed by atoms with van der Waals surface area (Å²) < 4.78 is 0. The van der Waals surface area contributed by atoms with E-state index in [2.05, 4.69) is 0 Å². The van der Waals surface area contributed by atoms with Gasteiger partial charge in [0.2, 0.25) is 0 Å². The van der Waals surface area contributed by atoms with Crippen LogP contribution in [-0.2, 0) is 34.1 Å². The molecule has 0 heterocycles. The molecule has 23 valence electrons. The van der Waals surface area contributed by atoms with Gasteiger partial charge in [0.15, 0.2) is 0 Å². The fraction of sp³-hybridized carbons (Fsp3) is 0. The van der Waals surface area contributed by atoms with Gasteiger partial charge in [-0.05, 0) is 0 Å². The molecule has 0 fully saturated rings. The van der Waals surface area contributed by atoms with Gasteiger partial charge in [-0.15, -0.1) is 0 Å². The minimum atomic E-state index is 0. The molecule has 4 heavy (non-hydrogen) atoms. The maximum absolute atomic E-state index is 0. The maximum Gasteiger partial charge on any atom is 0 e. The average molecular weight is 167 g/mol. The van der Waals surface area contributed by atoms with E-state index in [0.717, 1.165) is 0 Å². The van der Waals surface area contributed by atoms with Crippen LogP contribution < -0.4 is 0 Å². The first-order valence-corrected chi connectivity index (χ1v) is 0. The van der Waals surface area contributed by atoms with Crippen molar-refractivity contribution >= 4 is 21.9 Å². The SMILES string of the molecule is [Fe].[Mn].[Si].[Si]. The zero-order valence-corrected chi connectivity index (χ0v) is 6.02. The molecule has 0 atom stereocenters. The first-order valence-electron chi connectivity index (χ1n) is 0. The third-order valence-electron chi connectivity index (χ3n) is 0. The molecule has 0 saturated heterocycles. The fourth-order valence-electron chi connectivity index (χ4n) is 0. The van der Waals surface area contributed by atoms with E-state index < -0.39 is 0 Å². The smallest absolute Gasteiger partial charge is 0 e. The second-order valence-electron chi connectivity index (χ2n) is 0. The Morgan fingerprint density at radius 2 is 0.750 bits per heavy atom.